The summed E-state index contributed by atoms with van der Waals surface area (Å²) in [6.45, 7) is 0. The lowest BCUT2D eigenvalue weighted by Crippen LogP contribution is -2.20. The van der Waals surface area contributed by atoms with Gasteiger partial charge >= 0.3 is 0 Å². The molecule has 3 N–H and O–H groups in total. The highest BCUT2D eigenvalue weighted by Crippen LogP contribution is 2.12. The highest BCUT2D eigenvalue weighted by molar-refractivity contribution is 5.98. The molecule has 14 heavy (non-hydrogen) atoms. The molecule has 0 radical (unpaired) electrons. The molecule has 0 saturated heterocycles. The van der Waals surface area contributed by atoms with E-state index >= 15 is 0 Å². The quantitative estimate of drug-likeness (QED) is 0.628. The first-order valence-corrected chi connectivity index (χ1v) is 4.17. The van der Waals surface area contributed by atoms with Crippen LogP contribution >= 0.6 is 0 Å². The van der Waals surface area contributed by atoms with Crippen molar-refractivity contribution in [2.24, 2.45) is 0 Å². The Morgan fingerprint density at radius 3 is 2.50 bits per heavy atom. The lowest BCUT2D eigenvalue weighted by Gasteiger charge is -2.07. The molecule has 0 bridgehead atoms. The molecule has 0 saturated carbocycles. The van der Waals surface area contributed by atoms with Gasteiger partial charge in [-0.15, -0.1) is 0 Å². The summed E-state index contributed by atoms with van der Waals surface area (Å²) < 4.78 is 0. The molecule has 0 fully saturated rings. The van der Waals surface area contributed by atoms with Crippen LogP contribution in [-0.4, -0.2) is 37.0 Å². The molecule has 0 aliphatic carbocycles. The van der Waals surface area contributed by atoms with Crippen molar-refractivity contribution in [2.45, 2.75) is 0 Å². The maximum Gasteiger partial charge on any atom is 0.256 e. The zero-order chi connectivity index (χ0) is 10.6. The Bertz CT molecular complexity index is 339. The summed E-state index contributed by atoms with van der Waals surface area (Å²) in [6.07, 6.45) is 1.48. The molecular formula is C8H13N5O. The first-order valence-electron chi connectivity index (χ1n) is 4.17. The Kier molecular flexibility index (Phi) is 3.22. The summed E-state index contributed by atoms with van der Waals surface area (Å²) >= 11 is 0. The molecular weight excluding hydrogens is 182 g/mol. The highest BCUT2D eigenvalue weighted by atomic mass is 16.1. The Hall–Kier alpha value is -1.85. The van der Waals surface area contributed by atoms with Gasteiger partial charge in [0.15, 0.2) is 0 Å². The minimum atomic E-state index is -0.211. The Labute approximate surface area is 82.1 Å². The molecule has 1 rings (SSSR count). The molecule has 6 nitrogen and oxygen atoms in total. The maximum absolute atomic E-state index is 11.3. The van der Waals surface area contributed by atoms with Gasteiger partial charge in [0.2, 0.25) is 5.95 Å². The van der Waals surface area contributed by atoms with Crippen molar-refractivity contribution in [2.75, 3.05) is 31.8 Å². The summed E-state index contributed by atoms with van der Waals surface area (Å²) in [7, 11) is 4.98. The molecule has 0 atom stereocenters. The van der Waals surface area contributed by atoms with E-state index in [1.54, 1.807) is 21.1 Å². The number of nitrogens with zero attached hydrogens (tertiary/aromatic N) is 2. The fourth-order valence-corrected chi connectivity index (χ4v) is 0.994. The van der Waals surface area contributed by atoms with Gasteiger partial charge in [0.1, 0.15) is 11.4 Å². The first-order chi connectivity index (χ1) is 6.72. The van der Waals surface area contributed by atoms with Crippen LogP contribution in [0.25, 0.3) is 0 Å². The molecule has 76 valence electrons. The molecule has 1 heterocycles. The third kappa shape index (κ3) is 1.90. The summed E-state index contributed by atoms with van der Waals surface area (Å²) in [5.74, 6) is 0.766. The summed E-state index contributed by atoms with van der Waals surface area (Å²) in [5.41, 5.74) is 0.425. The van der Waals surface area contributed by atoms with E-state index in [1.807, 2.05) is 0 Å². The Balaban J connectivity index is 3.11. The number of hydrogen-bond donors (Lipinski definition) is 3. The number of rotatable bonds is 3. The number of aromatic nitrogens is 2. The van der Waals surface area contributed by atoms with Gasteiger partial charge < -0.3 is 16.0 Å². The van der Waals surface area contributed by atoms with Gasteiger partial charge in [-0.25, -0.2) is 4.98 Å². The van der Waals surface area contributed by atoms with Crippen LogP contribution in [0.15, 0.2) is 6.20 Å². The average molecular weight is 195 g/mol. The van der Waals surface area contributed by atoms with Crippen LogP contribution in [0, 0.1) is 0 Å². The minimum Gasteiger partial charge on any atom is -0.372 e. The van der Waals surface area contributed by atoms with Gasteiger partial charge in [-0.3, -0.25) is 4.79 Å². The van der Waals surface area contributed by atoms with Gasteiger partial charge in [0.05, 0.1) is 0 Å². The lowest BCUT2D eigenvalue weighted by molar-refractivity contribution is 0.0963. The van der Waals surface area contributed by atoms with Gasteiger partial charge in [-0.05, 0) is 0 Å². The van der Waals surface area contributed by atoms with E-state index in [-0.39, 0.29) is 5.91 Å². The molecule has 0 aromatic carbocycles. The summed E-state index contributed by atoms with van der Waals surface area (Å²) in [4.78, 5) is 19.4. The van der Waals surface area contributed by atoms with Crippen molar-refractivity contribution in [1.29, 1.82) is 0 Å². The molecule has 0 aliphatic heterocycles. The zero-order valence-corrected chi connectivity index (χ0v) is 8.38. The molecule has 0 aliphatic rings. The van der Waals surface area contributed by atoms with Crippen molar-refractivity contribution in [1.82, 2.24) is 15.3 Å². The molecule has 1 aromatic rings. The second-order valence-electron chi connectivity index (χ2n) is 2.54. The van der Waals surface area contributed by atoms with Crippen molar-refractivity contribution in [3.8, 4) is 0 Å². The summed E-state index contributed by atoms with van der Waals surface area (Å²) in [6, 6.07) is 0. The fraction of sp³-hybridized carbons (Fsp3) is 0.375. The fourth-order valence-electron chi connectivity index (χ4n) is 0.994. The Morgan fingerprint density at radius 2 is 2.00 bits per heavy atom. The smallest absolute Gasteiger partial charge is 0.256 e. The van der Waals surface area contributed by atoms with Crippen molar-refractivity contribution in [3.05, 3.63) is 11.8 Å². The second-order valence-corrected chi connectivity index (χ2v) is 2.54. The topological polar surface area (TPSA) is 78.9 Å². The van der Waals surface area contributed by atoms with Crippen LogP contribution in [0.5, 0.6) is 0 Å². The standard InChI is InChI=1S/C8H13N5O/c1-9-6-5(7(14)10-2)4-12-8(11-3)13-6/h4H,1-3H3,(H,10,14)(H2,9,11,12,13). The zero-order valence-electron chi connectivity index (χ0n) is 8.38. The third-order valence-corrected chi connectivity index (χ3v) is 1.72. The number of anilines is 2. The van der Waals surface area contributed by atoms with Crippen LogP contribution < -0.4 is 16.0 Å². The first kappa shape index (κ1) is 10.2. The van der Waals surface area contributed by atoms with Gasteiger partial charge in [-0.2, -0.15) is 4.98 Å². The van der Waals surface area contributed by atoms with Crippen LogP contribution in [-0.2, 0) is 0 Å². The van der Waals surface area contributed by atoms with E-state index in [0.717, 1.165) is 0 Å². The number of carbonyl (C=O) groups is 1. The van der Waals surface area contributed by atoms with Gasteiger partial charge in [-0.1, -0.05) is 0 Å². The predicted molar refractivity (Wildman–Crippen MR) is 54.5 cm³/mol. The number of amides is 1. The highest BCUT2D eigenvalue weighted by Gasteiger charge is 2.11. The summed E-state index contributed by atoms with van der Waals surface area (Å²) in [5, 5.41) is 8.14. The molecule has 1 amide bonds. The average Bonchev–Trinajstić information content (AvgIpc) is 2.27. The third-order valence-electron chi connectivity index (χ3n) is 1.72. The van der Waals surface area contributed by atoms with Crippen molar-refractivity contribution < 1.29 is 4.79 Å². The van der Waals surface area contributed by atoms with E-state index < -0.39 is 0 Å². The predicted octanol–water partition coefficient (Wildman–Crippen LogP) is -0.0804. The normalized spacial score (nSPS) is 9.36. The van der Waals surface area contributed by atoms with E-state index in [2.05, 4.69) is 25.9 Å². The second kappa shape index (κ2) is 4.40. The van der Waals surface area contributed by atoms with Crippen molar-refractivity contribution >= 4 is 17.7 Å². The van der Waals surface area contributed by atoms with Crippen LogP contribution in [0.4, 0.5) is 11.8 Å². The van der Waals surface area contributed by atoms with E-state index in [0.29, 0.717) is 17.3 Å². The Morgan fingerprint density at radius 1 is 1.29 bits per heavy atom. The van der Waals surface area contributed by atoms with Crippen LogP contribution in [0.3, 0.4) is 0 Å². The molecule has 1 aromatic heterocycles. The van der Waals surface area contributed by atoms with E-state index in [9.17, 15) is 4.79 Å². The van der Waals surface area contributed by atoms with E-state index in [1.165, 1.54) is 6.20 Å². The number of carbonyl (C=O) groups excluding carboxylic acids is 1. The molecule has 6 heteroatoms. The maximum atomic E-state index is 11.3. The van der Waals surface area contributed by atoms with E-state index in [4.69, 9.17) is 0 Å². The molecule has 0 unspecified atom stereocenters. The minimum absolute atomic E-state index is 0.211. The lowest BCUT2D eigenvalue weighted by atomic mass is 10.3. The number of hydrogen-bond acceptors (Lipinski definition) is 5. The largest absolute Gasteiger partial charge is 0.372 e. The van der Waals surface area contributed by atoms with Crippen LogP contribution in [0.1, 0.15) is 10.4 Å². The van der Waals surface area contributed by atoms with Gasteiger partial charge in [0.25, 0.3) is 5.91 Å². The molecule has 0 spiro atoms. The number of nitrogens with one attached hydrogen (secondary N) is 3. The van der Waals surface area contributed by atoms with Crippen molar-refractivity contribution in [3.63, 3.8) is 0 Å². The SMILES string of the molecule is CNC(=O)c1cnc(NC)nc1NC. The van der Waals surface area contributed by atoms with Gasteiger partial charge in [0, 0.05) is 27.3 Å². The van der Waals surface area contributed by atoms with Crippen LogP contribution in [0.2, 0.25) is 0 Å². The monoisotopic (exact) mass is 195 g/mol.